The number of fused-ring (bicyclic) bond motifs is 1. The molecular weight excluding hydrogens is 434 g/mol. The number of aromatic nitrogens is 2. The molecule has 8 heteroatoms. The Balaban J connectivity index is 1.58. The van der Waals surface area contributed by atoms with E-state index in [2.05, 4.69) is 10.3 Å². The number of methoxy groups -OCH3 is 1. The number of anilines is 1. The number of ether oxygens (including phenoxy) is 2. The smallest absolute Gasteiger partial charge is 0.327 e. The number of aryl methyl sites for hydroxylation is 1. The average molecular weight is 457 g/mol. The van der Waals surface area contributed by atoms with Gasteiger partial charge in [0.1, 0.15) is 12.3 Å². The third-order valence-electron chi connectivity index (χ3n) is 5.23. The Labute approximate surface area is 195 Å². The van der Waals surface area contributed by atoms with Crippen LogP contribution in [0.2, 0.25) is 0 Å². The van der Waals surface area contributed by atoms with Crippen molar-refractivity contribution < 1.29 is 19.1 Å². The molecule has 0 aliphatic heterocycles. The zero-order valence-corrected chi connectivity index (χ0v) is 18.7. The maximum atomic E-state index is 13.2. The van der Waals surface area contributed by atoms with E-state index in [0.29, 0.717) is 27.9 Å². The fourth-order valence-electron chi connectivity index (χ4n) is 3.55. The third-order valence-corrected chi connectivity index (χ3v) is 5.23. The molecule has 0 saturated heterocycles. The molecule has 0 fully saturated rings. The summed E-state index contributed by atoms with van der Waals surface area (Å²) in [5.74, 6) is -0.822. The summed E-state index contributed by atoms with van der Waals surface area (Å²) in [6.45, 7) is 1.50. The van der Waals surface area contributed by atoms with Crippen molar-refractivity contribution in [1.82, 2.24) is 9.55 Å². The van der Waals surface area contributed by atoms with E-state index in [1.807, 2.05) is 13.0 Å². The van der Waals surface area contributed by atoms with Crippen LogP contribution in [0, 0.1) is 6.92 Å². The van der Waals surface area contributed by atoms with Gasteiger partial charge in [0.2, 0.25) is 6.10 Å². The second kappa shape index (κ2) is 9.99. The highest BCUT2D eigenvalue weighted by atomic mass is 16.5. The van der Waals surface area contributed by atoms with Gasteiger partial charge in [-0.05, 0) is 36.8 Å². The Hall–Kier alpha value is -4.46. The molecule has 4 aromatic rings. The minimum absolute atomic E-state index is 0.368. The number of benzene rings is 3. The summed E-state index contributed by atoms with van der Waals surface area (Å²) in [4.78, 5) is 42.9. The van der Waals surface area contributed by atoms with Crippen LogP contribution in [0.15, 0.2) is 83.9 Å². The second-order valence-electron chi connectivity index (χ2n) is 7.67. The van der Waals surface area contributed by atoms with Crippen LogP contribution in [0.5, 0.6) is 5.75 Å². The monoisotopic (exact) mass is 457 g/mol. The fourth-order valence-corrected chi connectivity index (χ4v) is 3.55. The van der Waals surface area contributed by atoms with Gasteiger partial charge in [-0.2, -0.15) is 0 Å². The number of nitrogens with one attached hydrogen (secondary N) is 1. The van der Waals surface area contributed by atoms with E-state index in [-0.39, 0.29) is 12.1 Å². The first-order chi connectivity index (χ1) is 16.5. The summed E-state index contributed by atoms with van der Waals surface area (Å²) in [5, 5.41) is 3.17. The highest BCUT2D eigenvalue weighted by Crippen LogP contribution is 2.27. The first-order valence-corrected chi connectivity index (χ1v) is 10.6. The summed E-state index contributed by atoms with van der Waals surface area (Å²) in [7, 11) is 1.50. The van der Waals surface area contributed by atoms with E-state index in [4.69, 9.17) is 9.47 Å². The Kier molecular flexibility index (Phi) is 6.68. The number of esters is 1. The van der Waals surface area contributed by atoms with Crippen molar-refractivity contribution in [2.45, 2.75) is 19.6 Å². The zero-order valence-electron chi connectivity index (χ0n) is 18.7. The van der Waals surface area contributed by atoms with E-state index in [0.717, 1.165) is 10.1 Å². The minimum Gasteiger partial charge on any atom is -0.495 e. The van der Waals surface area contributed by atoms with Crippen molar-refractivity contribution in [1.29, 1.82) is 0 Å². The summed E-state index contributed by atoms with van der Waals surface area (Å²) in [5.41, 5.74) is 2.04. The molecule has 0 aliphatic carbocycles. The molecule has 1 aromatic heterocycles. The summed E-state index contributed by atoms with van der Waals surface area (Å²) >= 11 is 0. The van der Waals surface area contributed by atoms with E-state index < -0.39 is 18.0 Å². The molecule has 1 unspecified atom stereocenters. The molecule has 0 saturated carbocycles. The predicted octanol–water partition coefficient (Wildman–Crippen LogP) is 3.64. The number of hydrogen-bond donors (Lipinski definition) is 1. The number of rotatable bonds is 7. The molecule has 1 atom stereocenters. The van der Waals surface area contributed by atoms with Crippen molar-refractivity contribution in [3.8, 4) is 5.75 Å². The molecule has 1 amide bonds. The number of nitrogens with zero attached hydrogens (tertiary/aromatic N) is 2. The van der Waals surface area contributed by atoms with Crippen LogP contribution < -0.4 is 15.6 Å². The second-order valence-corrected chi connectivity index (χ2v) is 7.67. The van der Waals surface area contributed by atoms with Gasteiger partial charge < -0.3 is 14.8 Å². The van der Waals surface area contributed by atoms with Gasteiger partial charge in [-0.3, -0.25) is 19.0 Å². The molecule has 4 rings (SSSR count). The van der Waals surface area contributed by atoms with Gasteiger partial charge in [0.25, 0.3) is 11.5 Å². The quantitative estimate of drug-likeness (QED) is 0.426. The molecule has 8 nitrogen and oxygen atoms in total. The summed E-state index contributed by atoms with van der Waals surface area (Å²) < 4.78 is 12.1. The van der Waals surface area contributed by atoms with Gasteiger partial charge in [-0.25, -0.2) is 4.98 Å². The maximum Gasteiger partial charge on any atom is 0.327 e. The third kappa shape index (κ3) is 4.96. The lowest BCUT2D eigenvalue weighted by molar-refractivity contribution is -0.155. The first kappa shape index (κ1) is 22.7. The topological polar surface area (TPSA) is 99.5 Å². The highest BCUT2D eigenvalue weighted by molar-refractivity contribution is 5.97. The lowest BCUT2D eigenvalue weighted by Gasteiger charge is -2.19. The molecular formula is C26H23N3O5. The lowest BCUT2D eigenvalue weighted by Crippen LogP contribution is -2.30. The zero-order chi connectivity index (χ0) is 24.1. The fraction of sp³-hybridized carbons (Fsp3) is 0.154. The summed E-state index contributed by atoms with van der Waals surface area (Å²) in [6, 6.07) is 20.9. The molecule has 34 heavy (non-hydrogen) atoms. The van der Waals surface area contributed by atoms with Crippen LogP contribution in [0.3, 0.4) is 0 Å². The van der Waals surface area contributed by atoms with Crippen molar-refractivity contribution in [3.63, 3.8) is 0 Å². The molecule has 172 valence electrons. The Morgan fingerprint density at radius 2 is 1.76 bits per heavy atom. The van der Waals surface area contributed by atoms with Crippen LogP contribution in [0.1, 0.15) is 17.2 Å². The van der Waals surface area contributed by atoms with Gasteiger partial charge in [-0.1, -0.05) is 48.5 Å². The number of amides is 1. The minimum atomic E-state index is -1.23. The van der Waals surface area contributed by atoms with E-state index in [9.17, 15) is 14.4 Å². The highest BCUT2D eigenvalue weighted by Gasteiger charge is 2.26. The number of carbonyl (C=O) groups excluding carboxylic acids is 2. The molecule has 0 spiro atoms. The van der Waals surface area contributed by atoms with Gasteiger partial charge >= 0.3 is 5.97 Å². The van der Waals surface area contributed by atoms with Gasteiger partial charge in [-0.15, -0.1) is 0 Å². The first-order valence-electron chi connectivity index (χ1n) is 10.6. The molecule has 0 bridgehead atoms. The van der Waals surface area contributed by atoms with E-state index >= 15 is 0 Å². The van der Waals surface area contributed by atoms with Crippen molar-refractivity contribution >= 4 is 28.5 Å². The maximum absolute atomic E-state index is 13.2. The van der Waals surface area contributed by atoms with Crippen LogP contribution >= 0.6 is 0 Å². The Morgan fingerprint density at radius 1 is 1.03 bits per heavy atom. The predicted molar refractivity (Wildman–Crippen MR) is 128 cm³/mol. The molecule has 0 aliphatic rings. The van der Waals surface area contributed by atoms with Crippen LogP contribution in [-0.4, -0.2) is 28.5 Å². The van der Waals surface area contributed by atoms with E-state index in [1.54, 1.807) is 66.7 Å². The van der Waals surface area contributed by atoms with Gasteiger partial charge in [0, 0.05) is 5.56 Å². The Bertz CT molecular complexity index is 1400. The van der Waals surface area contributed by atoms with Gasteiger partial charge in [0.05, 0.1) is 30.0 Å². The lowest BCUT2D eigenvalue weighted by atomic mass is 10.1. The normalized spacial score (nSPS) is 11.6. The SMILES string of the molecule is COc1ccc(C)cc1NC(=O)C(OC(=O)Cn1cnc2ccccc2c1=O)c1ccccc1. The molecule has 3 aromatic carbocycles. The number of carbonyl (C=O) groups is 2. The standard InChI is InChI=1S/C26H23N3O5/c1-17-12-13-22(33-2)21(14-17)28-25(31)24(18-8-4-3-5-9-18)34-23(30)15-29-16-27-20-11-7-6-10-19(20)26(29)32/h3-14,16,24H,15H2,1-2H3,(H,28,31). The average Bonchev–Trinajstić information content (AvgIpc) is 2.85. The van der Waals surface area contributed by atoms with Crippen molar-refractivity contribution in [3.05, 3.63) is 101 Å². The van der Waals surface area contributed by atoms with Crippen LogP contribution in [0.25, 0.3) is 10.9 Å². The van der Waals surface area contributed by atoms with Gasteiger partial charge in [0.15, 0.2) is 0 Å². The van der Waals surface area contributed by atoms with Crippen LogP contribution in [0.4, 0.5) is 5.69 Å². The molecule has 1 N–H and O–H groups in total. The van der Waals surface area contributed by atoms with Crippen molar-refractivity contribution in [2.24, 2.45) is 0 Å². The Morgan fingerprint density at radius 3 is 2.53 bits per heavy atom. The largest absolute Gasteiger partial charge is 0.495 e. The van der Waals surface area contributed by atoms with E-state index in [1.165, 1.54) is 13.4 Å². The molecule has 0 radical (unpaired) electrons. The number of hydrogen-bond acceptors (Lipinski definition) is 6. The van der Waals surface area contributed by atoms with Crippen molar-refractivity contribution in [2.75, 3.05) is 12.4 Å². The van der Waals surface area contributed by atoms with Crippen LogP contribution in [-0.2, 0) is 20.9 Å². The summed E-state index contributed by atoms with van der Waals surface area (Å²) in [6.07, 6.45) is 0.0595. The molecule has 1 heterocycles. The number of para-hydroxylation sites is 1.